The number of carbonyl (C=O) groups excluding carboxylic acids is 1. The number of methoxy groups -OCH3 is 1. The van der Waals surface area contributed by atoms with Crippen molar-refractivity contribution >= 4 is 17.6 Å². The van der Waals surface area contributed by atoms with Crippen LogP contribution < -0.4 is 25.4 Å². The second-order valence-electron chi connectivity index (χ2n) is 7.37. The molecule has 32 heavy (non-hydrogen) atoms. The van der Waals surface area contributed by atoms with Gasteiger partial charge in [-0.2, -0.15) is 0 Å². The van der Waals surface area contributed by atoms with Crippen LogP contribution in [0.15, 0.2) is 47.5 Å². The molecule has 3 N–H and O–H groups in total. The van der Waals surface area contributed by atoms with Gasteiger partial charge in [0, 0.05) is 32.2 Å². The maximum Gasteiger partial charge on any atom is 0.224 e. The first-order valence-corrected chi connectivity index (χ1v) is 11.2. The van der Waals surface area contributed by atoms with Crippen molar-refractivity contribution < 1.29 is 14.3 Å². The van der Waals surface area contributed by atoms with E-state index in [0.717, 1.165) is 54.5 Å². The summed E-state index contributed by atoms with van der Waals surface area (Å²) in [4.78, 5) is 16.0. The summed E-state index contributed by atoms with van der Waals surface area (Å²) in [5.41, 5.74) is 3.15. The molecule has 0 bridgehead atoms. The van der Waals surface area contributed by atoms with Gasteiger partial charge in [-0.25, -0.2) is 0 Å². The number of hydrogen-bond donors (Lipinski definition) is 3. The highest BCUT2D eigenvalue weighted by atomic mass is 16.5. The van der Waals surface area contributed by atoms with Crippen molar-refractivity contribution in [3.05, 3.63) is 53.6 Å². The molecule has 2 rings (SSSR count). The lowest BCUT2D eigenvalue weighted by molar-refractivity contribution is -0.116. The summed E-state index contributed by atoms with van der Waals surface area (Å²) in [6.07, 6.45) is 3.27. The van der Waals surface area contributed by atoms with E-state index in [9.17, 15) is 4.79 Å². The lowest BCUT2D eigenvalue weighted by Gasteiger charge is -2.13. The molecule has 2 aromatic rings. The summed E-state index contributed by atoms with van der Waals surface area (Å²) in [6.45, 7) is 6.03. The molecule has 0 aliphatic heterocycles. The fraction of sp³-hybridized carbons (Fsp3) is 0.440. The molecule has 0 saturated heterocycles. The Morgan fingerprint density at radius 2 is 1.75 bits per heavy atom. The highest BCUT2D eigenvalue weighted by molar-refractivity contribution is 5.90. The summed E-state index contributed by atoms with van der Waals surface area (Å²) < 4.78 is 11.0. The molecule has 0 unspecified atom stereocenters. The molecular formula is C25H36N4O3. The highest BCUT2D eigenvalue weighted by Gasteiger charge is 2.06. The largest absolute Gasteiger partial charge is 0.493 e. The van der Waals surface area contributed by atoms with Gasteiger partial charge in [0.25, 0.3) is 0 Å². The Bertz CT molecular complexity index is 866. The fourth-order valence-electron chi connectivity index (χ4n) is 3.21. The minimum absolute atomic E-state index is 0.0479. The molecular weight excluding hydrogens is 404 g/mol. The number of ether oxygens (including phenoxy) is 2. The number of rotatable bonds is 12. The Morgan fingerprint density at radius 1 is 1.00 bits per heavy atom. The Labute approximate surface area is 191 Å². The number of carbonyl (C=O) groups is 1. The molecule has 1 amide bonds. The number of guanidine groups is 1. The molecule has 7 nitrogen and oxygen atoms in total. The van der Waals surface area contributed by atoms with E-state index >= 15 is 0 Å². The SMILES string of the molecule is CCCC(=O)Nc1ccc(CNC(=NC)NCCCc2ccc(OC)c(OCC)c2)cc1. The molecule has 0 spiro atoms. The summed E-state index contributed by atoms with van der Waals surface area (Å²) in [5.74, 6) is 2.35. The third-order valence-electron chi connectivity index (χ3n) is 4.86. The van der Waals surface area contributed by atoms with Gasteiger partial charge in [0.1, 0.15) is 0 Å². The van der Waals surface area contributed by atoms with Crippen LogP contribution >= 0.6 is 0 Å². The first kappa shape index (κ1) is 25.0. The zero-order valence-electron chi connectivity index (χ0n) is 19.7. The van der Waals surface area contributed by atoms with E-state index in [1.807, 2.05) is 50.2 Å². The second-order valence-corrected chi connectivity index (χ2v) is 7.37. The van der Waals surface area contributed by atoms with Crippen molar-refractivity contribution in [3.8, 4) is 11.5 Å². The third-order valence-corrected chi connectivity index (χ3v) is 4.86. The summed E-state index contributed by atoms with van der Waals surface area (Å²) in [5, 5.41) is 9.57. The molecule has 0 aromatic heterocycles. The molecule has 0 radical (unpaired) electrons. The number of nitrogens with zero attached hydrogens (tertiary/aromatic N) is 1. The maximum atomic E-state index is 11.7. The number of anilines is 1. The normalized spacial score (nSPS) is 11.1. The molecule has 2 aromatic carbocycles. The number of amides is 1. The Balaban J connectivity index is 1.74. The maximum absolute atomic E-state index is 11.7. The molecule has 0 fully saturated rings. The zero-order valence-corrected chi connectivity index (χ0v) is 19.7. The van der Waals surface area contributed by atoms with Gasteiger partial charge in [0.15, 0.2) is 17.5 Å². The van der Waals surface area contributed by atoms with E-state index in [-0.39, 0.29) is 5.91 Å². The number of hydrogen-bond acceptors (Lipinski definition) is 4. The van der Waals surface area contributed by atoms with Gasteiger partial charge >= 0.3 is 0 Å². The minimum atomic E-state index is 0.0479. The fourth-order valence-corrected chi connectivity index (χ4v) is 3.21. The third kappa shape index (κ3) is 8.49. The van der Waals surface area contributed by atoms with Crippen molar-refractivity contribution in [2.45, 2.75) is 46.1 Å². The molecule has 0 atom stereocenters. The molecule has 0 aliphatic carbocycles. The van der Waals surface area contributed by atoms with Gasteiger partial charge in [0.2, 0.25) is 5.91 Å². The van der Waals surface area contributed by atoms with Crippen molar-refractivity contribution in [1.82, 2.24) is 10.6 Å². The van der Waals surface area contributed by atoms with Gasteiger partial charge in [-0.05, 0) is 61.6 Å². The Kier molecular flexibility index (Phi) is 10.9. The van der Waals surface area contributed by atoms with Crippen LogP contribution in [0.25, 0.3) is 0 Å². The summed E-state index contributed by atoms with van der Waals surface area (Å²) in [7, 11) is 3.42. The van der Waals surface area contributed by atoms with Crippen molar-refractivity contribution in [3.63, 3.8) is 0 Å². The number of aliphatic imine (C=N–C) groups is 1. The van der Waals surface area contributed by atoms with Crippen LogP contribution in [0.3, 0.4) is 0 Å². The van der Waals surface area contributed by atoms with Crippen LogP contribution in [-0.4, -0.2) is 39.2 Å². The van der Waals surface area contributed by atoms with Crippen LogP contribution in [0, 0.1) is 0 Å². The van der Waals surface area contributed by atoms with Crippen molar-refractivity contribution in [2.24, 2.45) is 4.99 Å². The standard InChI is InChI=1S/C25H36N4O3/c1-5-8-24(30)29-21-13-10-20(11-14-21)18-28-25(26-3)27-16-7-9-19-12-15-22(31-4)23(17-19)32-6-2/h10-15,17H,5-9,16,18H2,1-4H3,(H,29,30)(H2,26,27,28). The quantitative estimate of drug-likeness (QED) is 0.263. The summed E-state index contributed by atoms with van der Waals surface area (Å²) >= 11 is 0. The lowest BCUT2D eigenvalue weighted by Crippen LogP contribution is -2.37. The van der Waals surface area contributed by atoms with Crippen LogP contribution in [-0.2, 0) is 17.8 Å². The van der Waals surface area contributed by atoms with Gasteiger partial charge in [-0.3, -0.25) is 9.79 Å². The molecule has 0 heterocycles. The van der Waals surface area contributed by atoms with Crippen LogP contribution in [0.1, 0.15) is 44.2 Å². The van der Waals surface area contributed by atoms with Gasteiger partial charge in [-0.1, -0.05) is 25.1 Å². The molecule has 7 heteroatoms. The topological polar surface area (TPSA) is 84.0 Å². The Hall–Kier alpha value is -3.22. The molecule has 0 saturated carbocycles. The molecule has 0 aliphatic rings. The number of benzene rings is 2. The zero-order chi connectivity index (χ0) is 23.2. The second kappa shape index (κ2) is 14.0. The predicted octanol–water partition coefficient (Wildman–Crippen LogP) is 4.13. The minimum Gasteiger partial charge on any atom is -0.493 e. The van der Waals surface area contributed by atoms with Crippen molar-refractivity contribution in [2.75, 3.05) is 32.6 Å². The van der Waals surface area contributed by atoms with E-state index in [1.54, 1.807) is 14.2 Å². The smallest absolute Gasteiger partial charge is 0.224 e. The highest BCUT2D eigenvalue weighted by Crippen LogP contribution is 2.28. The van der Waals surface area contributed by atoms with Gasteiger partial charge in [0.05, 0.1) is 13.7 Å². The van der Waals surface area contributed by atoms with Crippen molar-refractivity contribution in [1.29, 1.82) is 0 Å². The van der Waals surface area contributed by atoms with Gasteiger partial charge < -0.3 is 25.4 Å². The van der Waals surface area contributed by atoms with Crippen LogP contribution in [0.5, 0.6) is 11.5 Å². The number of nitrogens with one attached hydrogen (secondary N) is 3. The van der Waals surface area contributed by atoms with E-state index in [2.05, 4.69) is 27.0 Å². The van der Waals surface area contributed by atoms with E-state index in [1.165, 1.54) is 5.56 Å². The number of aryl methyl sites for hydroxylation is 1. The van der Waals surface area contributed by atoms with Crippen LogP contribution in [0.4, 0.5) is 5.69 Å². The first-order valence-electron chi connectivity index (χ1n) is 11.2. The predicted molar refractivity (Wildman–Crippen MR) is 131 cm³/mol. The monoisotopic (exact) mass is 440 g/mol. The first-order chi connectivity index (χ1) is 15.6. The van der Waals surface area contributed by atoms with Crippen LogP contribution in [0.2, 0.25) is 0 Å². The lowest BCUT2D eigenvalue weighted by atomic mass is 10.1. The Morgan fingerprint density at radius 3 is 2.41 bits per heavy atom. The average molecular weight is 441 g/mol. The van der Waals surface area contributed by atoms with E-state index in [4.69, 9.17) is 9.47 Å². The van der Waals surface area contributed by atoms with Gasteiger partial charge in [-0.15, -0.1) is 0 Å². The van der Waals surface area contributed by atoms with E-state index in [0.29, 0.717) is 19.6 Å². The summed E-state index contributed by atoms with van der Waals surface area (Å²) in [6, 6.07) is 13.9. The average Bonchev–Trinajstić information content (AvgIpc) is 2.80. The van der Waals surface area contributed by atoms with E-state index < -0.39 is 0 Å². The molecule has 174 valence electrons.